The second kappa shape index (κ2) is 4.70. The summed E-state index contributed by atoms with van der Waals surface area (Å²) < 4.78 is 15.2. The third-order valence-corrected chi connectivity index (χ3v) is 4.33. The van der Waals surface area contributed by atoms with E-state index >= 15 is 0 Å². The fraction of sp³-hybridized carbons (Fsp3) is 0.438. The summed E-state index contributed by atoms with van der Waals surface area (Å²) in [5.74, 6) is -0.179. The van der Waals surface area contributed by atoms with E-state index in [9.17, 15) is 4.39 Å². The van der Waals surface area contributed by atoms with Crippen molar-refractivity contribution in [3.05, 3.63) is 52.6 Å². The third kappa shape index (κ3) is 2.14. The van der Waals surface area contributed by atoms with E-state index in [1.54, 1.807) is 6.07 Å². The lowest BCUT2D eigenvalue weighted by molar-refractivity contribution is 0.425. The minimum Gasteiger partial charge on any atom is -0.321 e. The molecule has 0 fully saturated rings. The largest absolute Gasteiger partial charge is 0.321 e. The van der Waals surface area contributed by atoms with Crippen molar-refractivity contribution in [3.8, 4) is 0 Å². The minimum absolute atomic E-state index is 0.179. The molecule has 0 radical (unpaired) electrons. The Hall–Kier alpha value is -1.68. The Morgan fingerprint density at radius 1 is 1.40 bits per heavy atom. The monoisotopic (exact) mass is 273 g/mol. The summed E-state index contributed by atoms with van der Waals surface area (Å²) in [4.78, 5) is 0. The second-order valence-corrected chi connectivity index (χ2v) is 5.74. The van der Waals surface area contributed by atoms with Crippen molar-refractivity contribution < 1.29 is 4.39 Å². The van der Waals surface area contributed by atoms with E-state index in [4.69, 9.17) is 5.73 Å². The summed E-state index contributed by atoms with van der Waals surface area (Å²) >= 11 is 0. The summed E-state index contributed by atoms with van der Waals surface area (Å²) in [5.41, 5.74) is 10.6. The molecular weight excluding hydrogens is 253 g/mol. The van der Waals surface area contributed by atoms with Gasteiger partial charge in [0.25, 0.3) is 0 Å². The molecule has 4 heteroatoms. The highest BCUT2D eigenvalue weighted by Crippen LogP contribution is 2.37. The summed E-state index contributed by atoms with van der Waals surface area (Å²) in [6.07, 6.45) is 3.38. The molecule has 2 N–H and O–H groups in total. The second-order valence-electron chi connectivity index (χ2n) is 5.74. The number of benzene rings is 1. The van der Waals surface area contributed by atoms with Crippen LogP contribution in [0, 0.1) is 5.82 Å². The molecule has 2 aromatic rings. The quantitative estimate of drug-likeness (QED) is 0.933. The van der Waals surface area contributed by atoms with E-state index in [1.807, 2.05) is 17.8 Å². The normalized spacial score (nSPS) is 21.2. The Labute approximate surface area is 118 Å². The van der Waals surface area contributed by atoms with Crippen molar-refractivity contribution in [1.82, 2.24) is 9.78 Å². The molecule has 20 heavy (non-hydrogen) atoms. The van der Waals surface area contributed by atoms with Crippen LogP contribution in [0.1, 0.15) is 35.9 Å². The number of fused-ring (bicyclic) bond motifs is 1. The summed E-state index contributed by atoms with van der Waals surface area (Å²) in [6.45, 7) is 2.10. The van der Waals surface area contributed by atoms with Gasteiger partial charge in [-0.3, -0.25) is 4.68 Å². The Balaban J connectivity index is 1.93. The summed E-state index contributed by atoms with van der Waals surface area (Å²) in [6, 6.07) is 7.09. The van der Waals surface area contributed by atoms with Crippen LogP contribution in [0.15, 0.2) is 24.3 Å². The zero-order valence-corrected chi connectivity index (χ0v) is 12.0. The van der Waals surface area contributed by atoms with Crippen LogP contribution in [-0.2, 0) is 31.8 Å². The Morgan fingerprint density at radius 2 is 2.20 bits per heavy atom. The van der Waals surface area contributed by atoms with Crippen LogP contribution < -0.4 is 5.73 Å². The smallest absolute Gasteiger partial charge is 0.123 e. The molecule has 0 amide bonds. The number of nitrogens with two attached hydrogens (primary N) is 1. The number of hydrogen-bond acceptors (Lipinski definition) is 2. The van der Waals surface area contributed by atoms with Crippen LogP contribution in [0.25, 0.3) is 0 Å². The predicted octanol–water partition coefficient (Wildman–Crippen LogP) is 2.46. The molecular formula is C16H20FN3. The molecule has 1 aliphatic rings. The highest BCUT2D eigenvalue weighted by molar-refractivity contribution is 5.40. The van der Waals surface area contributed by atoms with Gasteiger partial charge in [0.05, 0.1) is 5.69 Å². The van der Waals surface area contributed by atoms with E-state index in [2.05, 4.69) is 18.1 Å². The van der Waals surface area contributed by atoms with Gasteiger partial charge in [-0.2, -0.15) is 5.10 Å². The zero-order valence-electron chi connectivity index (χ0n) is 12.0. The zero-order chi connectivity index (χ0) is 14.3. The van der Waals surface area contributed by atoms with Crippen LogP contribution in [0.4, 0.5) is 4.39 Å². The molecule has 0 spiro atoms. The maximum absolute atomic E-state index is 13.3. The fourth-order valence-electron chi connectivity index (χ4n) is 3.16. The number of nitrogens with zero attached hydrogens (tertiary/aromatic N) is 2. The first-order valence-electron chi connectivity index (χ1n) is 7.11. The van der Waals surface area contributed by atoms with Crippen LogP contribution in [-0.4, -0.2) is 9.78 Å². The van der Waals surface area contributed by atoms with Gasteiger partial charge in [0, 0.05) is 24.7 Å². The lowest BCUT2D eigenvalue weighted by Gasteiger charge is -2.25. The molecule has 1 aromatic carbocycles. The Morgan fingerprint density at radius 3 is 2.90 bits per heavy atom. The Bertz CT molecular complexity index is 647. The maximum atomic E-state index is 13.3. The van der Waals surface area contributed by atoms with Crippen LogP contribution in [0.3, 0.4) is 0 Å². The average Bonchev–Trinajstić information content (AvgIpc) is 2.92. The van der Waals surface area contributed by atoms with E-state index in [1.165, 1.54) is 6.07 Å². The first-order valence-corrected chi connectivity index (χ1v) is 7.11. The van der Waals surface area contributed by atoms with Gasteiger partial charge in [0.15, 0.2) is 0 Å². The fourth-order valence-corrected chi connectivity index (χ4v) is 3.16. The molecule has 0 bridgehead atoms. The van der Waals surface area contributed by atoms with Crippen molar-refractivity contribution >= 4 is 0 Å². The lowest BCUT2D eigenvalue weighted by Crippen LogP contribution is -2.37. The molecule has 1 aromatic heterocycles. The summed E-state index contributed by atoms with van der Waals surface area (Å²) in [5, 5.41) is 4.47. The molecule has 3 rings (SSSR count). The molecule has 1 heterocycles. The highest BCUT2D eigenvalue weighted by Gasteiger charge is 2.36. The van der Waals surface area contributed by atoms with Crippen LogP contribution in [0.2, 0.25) is 0 Å². The van der Waals surface area contributed by atoms with Crippen molar-refractivity contribution in [3.63, 3.8) is 0 Å². The predicted molar refractivity (Wildman–Crippen MR) is 76.9 cm³/mol. The molecule has 0 saturated heterocycles. The molecule has 3 nitrogen and oxygen atoms in total. The van der Waals surface area contributed by atoms with Gasteiger partial charge in [-0.25, -0.2) is 4.39 Å². The van der Waals surface area contributed by atoms with Gasteiger partial charge in [-0.1, -0.05) is 13.0 Å². The van der Waals surface area contributed by atoms with Crippen molar-refractivity contribution in [2.75, 3.05) is 0 Å². The standard InChI is InChI=1S/C16H20FN3/c1-3-13-9-14(20(2)19-13)10-16(18)7-6-11-8-12(17)4-5-15(11)16/h4-5,8-9H,3,6-7,10,18H2,1-2H3. The number of rotatable bonds is 3. The third-order valence-electron chi connectivity index (χ3n) is 4.33. The summed E-state index contributed by atoms with van der Waals surface area (Å²) in [7, 11) is 1.96. The van der Waals surface area contributed by atoms with Gasteiger partial charge in [0.1, 0.15) is 5.82 Å². The molecule has 1 atom stereocenters. The van der Waals surface area contributed by atoms with Gasteiger partial charge >= 0.3 is 0 Å². The number of aromatic nitrogens is 2. The van der Waals surface area contributed by atoms with Crippen LogP contribution >= 0.6 is 0 Å². The molecule has 0 saturated carbocycles. The van der Waals surface area contributed by atoms with Gasteiger partial charge in [-0.15, -0.1) is 0 Å². The molecule has 1 aliphatic carbocycles. The van der Waals surface area contributed by atoms with Gasteiger partial charge in [-0.05, 0) is 48.6 Å². The molecule has 1 unspecified atom stereocenters. The van der Waals surface area contributed by atoms with Crippen molar-refractivity contribution in [2.24, 2.45) is 12.8 Å². The molecule has 106 valence electrons. The molecule has 0 aliphatic heterocycles. The Kier molecular flexibility index (Phi) is 3.13. The average molecular weight is 273 g/mol. The van der Waals surface area contributed by atoms with Crippen LogP contribution in [0.5, 0.6) is 0 Å². The number of halogens is 1. The van der Waals surface area contributed by atoms with E-state index in [0.29, 0.717) is 0 Å². The lowest BCUT2D eigenvalue weighted by atomic mass is 9.88. The van der Waals surface area contributed by atoms with Crippen molar-refractivity contribution in [2.45, 2.75) is 38.1 Å². The van der Waals surface area contributed by atoms with Gasteiger partial charge in [0.2, 0.25) is 0 Å². The topological polar surface area (TPSA) is 43.8 Å². The first-order chi connectivity index (χ1) is 9.51. The number of hydrogen-bond donors (Lipinski definition) is 1. The SMILES string of the molecule is CCc1cc(CC2(N)CCc3cc(F)ccc32)n(C)n1. The van der Waals surface area contributed by atoms with Crippen molar-refractivity contribution in [1.29, 1.82) is 0 Å². The first kappa shape index (κ1) is 13.3. The maximum Gasteiger partial charge on any atom is 0.123 e. The van der Waals surface area contributed by atoms with Gasteiger partial charge < -0.3 is 5.73 Å². The van der Waals surface area contributed by atoms with E-state index < -0.39 is 5.54 Å². The van der Waals surface area contributed by atoms with E-state index in [-0.39, 0.29) is 5.82 Å². The van der Waals surface area contributed by atoms with E-state index in [0.717, 1.165) is 48.2 Å². The number of aryl methyl sites for hydroxylation is 3. The minimum atomic E-state index is -0.401. The highest BCUT2D eigenvalue weighted by atomic mass is 19.1.